The zero-order valence-electron chi connectivity index (χ0n) is 17.0. The maximum atomic E-state index is 10.4. The second-order valence-electron chi connectivity index (χ2n) is 7.04. The molecule has 0 bridgehead atoms. The van der Waals surface area contributed by atoms with Gasteiger partial charge in [-0.15, -0.1) is 0 Å². The van der Waals surface area contributed by atoms with Gasteiger partial charge in [0.15, 0.2) is 23.2 Å². The molecule has 1 saturated heterocycles. The van der Waals surface area contributed by atoms with E-state index in [2.05, 4.69) is 38.3 Å². The summed E-state index contributed by atoms with van der Waals surface area (Å²) in [4.78, 5) is 18.0. The Bertz CT molecular complexity index is 1210. The Hall–Kier alpha value is -3.58. The highest BCUT2D eigenvalue weighted by Crippen LogP contribution is 2.32. The van der Waals surface area contributed by atoms with Crippen LogP contribution < -0.4 is 5.48 Å². The highest BCUT2D eigenvalue weighted by atomic mass is 16.6. The number of aliphatic hydroxyl groups excluding tert-OH is 3. The molecule has 4 rings (SSSR count). The van der Waals surface area contributed by atoms with Crippen LogP contribution in [0.25, 0.3) is 11.2 Å². The average molecular weight is 436 g/mol. The molecule has 11 nitrogen and oxygen atoms in total. The van der Waals surface area contributed by atoms with E-state index in [1.807, 2.05) is 12.1 Å². The predicted molar refractivity (Wildman–Crippen MR) is 111 cm³/mol. The molecule has 1 aliphatic heterocycles. The van der Waals surface area contributed by atoms with Gasteiger partial charge >= 0.3 is 0 Å². The topological polar surface area (TPSA) is 159 Å². The number of nitriles is 1. The molecule has 1 aliphatic rings. The quantitative estimate of drug-likeness (QED) is 0.314. The van der Waals surface area contributed by atoms with E-state index < -0.39 is 31.1 Å². The van der Waals surface area contributed by atoms with Crippen LogP contribution in [0.15, 0.2) is 30.6 Å². The first kappa shape index (κ1) is 21.6. The van der Waals surface area contributed by atoms with E-state index in [0.717, 1.165) is 5.56 Å². The molecular weight excluding hydrogens is 416 g/mol. The molecule has 4 atom stereocenters. The van der Waals surface area contributed by atoms with Crippen molar-refractivity contribution in [1.29, 1.82) is 5.26 Å². The van der Waals surface area contributed by atoms with E-state index >= 15 is 0 Å². The summed E-state index contributed by atoms with van der Waals surface area (Å²) in [6.07, 6.45) is -2.78. The lowest BCUT2D eigenvalue weighted by atomic mass is 10.1. The molecule has 3 heterocycles. The number of hydrogen-bond donors (Lipinski definition) is 4. The fraction of sp³-hybridized carbons (Fsp3) is 0.333. The highest BCUT2D eigenvalue weighted by Gasteiger charge is 2.44. The first-order valence-electron chi connectivity index (χ1n) is 9.69. The molecule has 0 aliphatic carbocycles. The van der Waals surface area contributed by atoms with E-state index in [0.29, 0.717) is 23.1 Å². The van der Waals surface area contributed by atoms with E-state index in [-0.39, 0.29) is 11.6 Å². The van der Waals surface area contributed by atoms with Crippen molar-refractivity contribution in [3.05, 3.63) is 47.5 Å². The lowest BCUT2D eigenvalue weighted by Gasteiger charge is -2.16. The zero-order chi connectivity index (χ0) is 22.7. The van der Waals surface area contributed by atoms with Gasteiger partial charge in [-0.3, -0.25) is 9.40 Å². The van der Waals surface area contributed by atoms with Crippen molar-refractivity contribution >= 4 is 17.0 Å². The van der Waals surface area contributed by atoms with Crippen molar-refractivity contribution < 1.29 is 24.9 Å². The van der Waals surface area contributed by atoms with Gasteiger partial charge in [-0.25, -0.2) is 15.4 Å². The molecule has 4 N–H and O–H groups in total. The van der Waals surface area contributed by atoms with Crippen LogP contribution in [0.5, 0.6) is 0 Å². The van der Waals surface area contributed by atoms with Crippen LogP contribution in [0.2, 0.25) is 0 Å². The summed E-state index contributed by atoms with van der Waals surface area (Å²) in [5.74, 6) is 6.27. The summed E-state index contributed by atoms with van der Waals surface area (Å²) in [5, 5.41) is 38.6. The minimum absolute atomic E-state index is 0.159. The lowest BCUT2D eigenvalue weighted by Crippen LogP contribution is -2.33. The van der Waals surface area contributed by atoms with Crippen LogP contribution in [0, 0.1) is 23.2 Å². The van der Waals surface area contributed by atoms with Crippen LogP contribution in [-0.4, -0.2) is 66.9 Å². The Morgan fingerprint density at radius 3 is 2.62 bits per heavy atom. The van der Waals surface area contributed by atoms with Crippen LogP contribution in [0.4, 0.5) is 5.82 Å². The number of aliphatic hydroxyl groups is 3. The largest absolute Gasteiger partial charge is 0.394 e. The summed E-state index contributed by atoms with van der Waals surface area (Å²) < 4.78 is 7.04. The third kappa shape index (κ3) is 4.11. The second-order valence-corrected chi connectivity index (χ2v) is 7.04. The molecule has 0 unspecified atom stereocenters. The Morgan fingerprint density at radius 2 is 1.97 bits per heavy atom. The number of benzene rings is 1. The third-order valence-electron chi connectivity index (χ3n) is 4.97. The Labute approximate surface area is 182 Å². The summed E-state index contributed by atoms with van der Waals surface area (Å²) in [5.41, 5.74) is 4.88. The number of aromatic nitrogens is 4. The van der Waals surface area contributed by atoms with Crippen molar-refractivity contribution in [3.63, 3.8) is 0 Å². The van der Waals surface area contributed by atoms with Crippen LogP contribution >= 0.6 is 0 Å². The zero-order valence-corrected chi connectivity index (χ0v) is 17.0. The first-order valence-corrected chi connectivity index (χ1v) is 9.69. The Kier molecular flexibility index (Phi) is 6.28. The summed E-state index contributed by atoms with van der Waals surface area (Å²) in [6, 6.07) is 9.35. The van der Waals surface area contributed by atoms with Gasteiger partial charge in [0.25, 0.3) is 0 Å². The minimum Gasteiger partial charge on any atom is -0.394 e. The molecule has 0 radical (unpaired) electrons. The van der Waals surface area contributed by atoms with Crippen molar-refractivity contribution in [2.24, 2.45) is 0 Å². The van der Waals surface area contributed by atoms with Crippen molar-refractivity contribution in [1.82, 2.24) is 19.5 Å². The standard InChI is InChI=1S/C21H20N6O5/c1-31-26-19-16-20(27(11-23-16)21-18(30)17(29)14(10-28)32-21)25-15(24-19)7-6-12-2-4-13(5-3-12)8-9-22/h2-5,11,14,17-18,21,28-30H,8,10H2,1H3,(H,24,25,26)/t14-,17-,18+,21-/m1/s1. The maximum absolute atomic E-state index is 10.4. The first-order chi connectivity index (χ1) is 15.5. The van der Waals surface area contributed by atoms with Gasteiger partial charge in [0.1, 0.15) is 18.3 Å². The second kappa shape index (κ2) is 9.28. The number of fused-ring (bicyclic) bond motifs is 1. The van der Waals surface area contributed by atoms with Gasteiger partial charge in [-0.2, -0.15) is 10.2 Å². The normalized spacial score (nSPS) is 22.3. The van der Waals surface area contributed by atoms with Gasteiger partial charge in [-0.05, 0) is 23.6 Å². The fourth-order valence-electron chi connectivity index (χ4n) is 3.36. The molecule has 3 aromatic rings. The summed E-state index contributed by atoms with van der Waals surface area (Å²) >= 11 is 0. The number of nitrogens with one attached hydrogen (secondary N) is 1. The third-order valence-corrected chi connectivity index (χ3v) is 4.97. The molecule has 0 spiro atoms. The van der Waals surface area contributed by atoms with Crippen LogP contribution in [0.1, 0.15) is 23.2 Å². The number of ether oxygens (including phenoxy) is 1. The maximum Gasteiger partial charge on any atom is 0.209 e. The smallest absolute Gasteiger partial charge is 0.209 e. The van der Waals surface area contributed by atoms with Gasteiger partial charge in [0, 0.05) is 5.56 Å². The minimum atomic E-state index is -1.29. The van der Waals surface area contributed by atoms with E-state index in [4.69, 9.17) is 14.8 Å². The predicted octanol–water partition coefficient (Wildman–Crippen LogP) is -0.123. The summed E-state index contributed by atoms with van der Waals surface area (Å²) in [6.45, 7) is -0.448. The Balaban J connectivity index is 1.72. The Morgan fingerprint density at radius 1 is 1.19 bits per heavy atom. The van der Waals surface area contributed by atoms with E-state index in [1.54, 1.807) is 12.1 Å². The number of hydrogen-bond acceptors (Lipinski definition) is 10. The van der Waals surface area contributed by atoms with Crippen molar-refractivity contribution in [3.8, 4) is 17.9 Å². The number of rotatable bonds is 5. The fourth-order valence-corrected chi connectivity index (χ4v) is 3.36. The molecule has 164 valence electrons. The van der Waals surface area contributed by atoms with Crippen LogP contribution in [-0.2, 0) is 16.0 Å². The lowest BCUT2D eigenvalue weighted by molar-refractivity contribution is -0.0511. The average Bonchev–Trinajstić information content (AvgIpc) is 3.34. The monoisotopic (exact) mass is 436 g/mol. The molecule has 1 aromatic carbocycles. The van der Waals surface area contributed by atoms with E-state index in [9.17, 15) is 15.3 Å². The van der Waals surface area contributed by atoms with Gasteiger partial charge in [0.05, 0.1) is 32.5 Å². The molecule has 1 fully saturated rings. The molecule has 32 heavy (non-hydrogen) atoms. The molecule has 2 aromatic heterocycles. The SMILES string of the molecule is CONc1nc(C#Cc2ccc(CC#N)cc2)nc2c1ncn2[C@@H]1O[C@H](CO)[C@@H](O)[C@@H]1O. The van der Waals surface area contributed by atoms with E-state index in [1.165, 1.54) is 18.0 Å². The molecule has 11 heteroatoms. The van der Waals surface area contributed by atoms with Crippen molar-refractivity contribution in [2.45, 2.75) is 31.0 Å². The van der Waals surface area contributed by atoms with Crippen LogP contribution in [0.3, 0.4) is 0 Å². The number of imidazole rings is 1. The van der Waals surface area contributed by atoms with Gasteiger partial charge < -0.3 is 20.1 Å². The van der Waals surface area contributed by atoms with Crippen molar-refractivity contribution in [2.75, 3.05) is 19.2 Å². The highest BCUT2D eigenvalue weighted by molar-refractivity contribution is 5.83. The molecule has 0 saturated carbocycles. The molecular formula is C21H20N6O5. The summed E-state index contributed by atoms with van der Waals surface area (Å²) in [7, 11) is 1.42. The number of anilines is 1. The van der Waals surface area contributed by atoms with Gasteiger partial charge in [-0.1, -0.05) is 18.1 Å². The molecule has 0 amide bonds. The van der Waals surface area contributed by atoms with Gasteiger partial charge in [0.2, 0.25) is 5.82 Å². The number of nitrogens with zero attached hydrogens (tertiary/aromatic N) is 5.